The molecule has 0 aliphatic carbocycles. The van der Waals surface area contributed by atoms with Gasteiger partial charge in [-0.05, 0) is 49.6 Å². The van der Waals surface area contributed by atoms with Gasteiger partial charge in [0.25, 0.3) is 5.91 Å². The van der Waals surface area contributed by atoms with Crippen LogP contribution in [0.15, 0.2) is 48.5 Å². The minimum atomic E-state index is -0.736. The van der Waals surface area contributed by atoms with Gasteiger partial charge in [-0.15, -0.1) is 0 Å². The molecule has 25 heavy (non-hydrogen) atoms. The number of carbonyl (C=O) groups is 2. The maximum absolute atomic E-state index is 13.7. The molecule has 2 aromatic rings. The van der Waals surface area contributed by atoms with E-state index in [0.717, 1.165) is 5.56 Å². The summed E-state index contributed by atoms with van der Waals surface area (Å²) in [6.45, 7) is 1.90. The van der Waals surface area contributed by atoms with Crippen LogP contribution in [0.2, 0.25) is 0 Å². The van der Waals surface area contributed by atoms with Crippen molar-refractivity contribution >= 4 is 29.3 Å². The summed E-state index contributed by atoms with van der Waals surface area (Å²) in [7, 11) is 0. The van der Waals surface area contributed by atoms with Gasteiger partial charge >= 0.3 is 0 Å². The first-order valence-electron chi connectivity index (χ1n) is 7.93. The van der Waals surface area contributed by atoms with E-state index in [1.54, 1.807) is 42.1 Å². The van der Waals surface area contributed by atoms with E-state index >= 15 is 0 Å². The predicted molar refractivity (Wildman–Crippen MR) is 100 cm³/mol. The Kier molecular flexibility index (Phi) is 7.01. The Morgan fingerprint density at radius 2 is 1.92 bits per heavy atom. The molecule has 0 aliphatic heterocycles. The molecule has 0 aliphatic rings. The number of hydrogen-bond acceptors (Lipinski definition) is 3. The minimum Gasteiger partial charge on any atom is -0.340 e. The largest absolute Gasteiger partial charge is 0.340 e. The molecular formula is C19H21FN2O2S. The third-order valence-corrected chi connectivity index (χ3v) is 4.29. The zero-order valence-corrected chi connectivity index (χ0v) is 15.0. The Morgan fingerprint density at radius 3 is 2.60 bits per heavy atom. The standard InChI is InChI=1S/C19H21FN2O2S/c1-13-6-5-7-14(12-13)18(23)22-17(10-11-25-2)19(24)21-16-9-4-3-8-15(16)20/h3-9,12,17H,10-11H2,1-2H3,(H,21,24)(H,22,23). The summed E-state index contributed by atoms with van der Waals surface area (Å²) in [6.07, 6.45) is 2.38. The van der Waals surface area contributed by atoms with Crippen molar-refractivity contribution in [3.05, 3.63) is 65.5 Å². The number of amides is 2. The molecular weight excluding hydrogens is 339 g/mol. The number of benzene rings is 2. The van der Waals surface area contributed by atoms with E-state index in [2.05, 4.69) is 10.6 Å². The Hall–Kier alpha value is -2.34. The number of carbonyl (C=O) groups excluding carboxylic acids is 2. The molecule has 6 heteroatoms. The predicted octanol–water partition coefficient (Wildman–Crippen LogP) is 3.62. The van der Waals surface area contributed by atoms with Gasteiger partial charge in [0, 0.05) is 5.56 Å². The normalized spacial score (nSPS) is 11.6. The molecule has 2 amide bonds. The molecule has 0 aromatic heterocycles. The number of hydrogen-bond donors (Lipinski definition) is 2. The van der Waals surface area contributed by atoms with Gasteiger partial charge in [0.2, 0.25) is 5.91 Å². The summed E-state index contributed by atoms with van der Waals surface area (Å²) < 4.78 is 13.7. The number of para-hydroxylation sites is 1. The third-order valence-electron chi connectivity index (χ3n) is 3.64. The van der Waals surface area contributed by atoms with Crippen molar-refractivity contribution in [3.63, 3.8) is 0 Å². The molecule has 0 heterocycles. The number of thioether (sulfide) groups is 1. The summed E-state index contributed by atoms with van der Waals surface area (Å²) in [5.41, 5.74) is 1.56. The van der Waals surface area contributed by atoms with E-state index in [1.165, 1.54) is 12.1 Å². The molecule has 2 N–H and O–H groups in total. The monoisotopic (exact) mass is 360 g/mol. The van der Waals surface area contributed by atoms with E-state index in [0.29, 0.717) is 17.7 Å². The molecule has 0 radical (unpaired) electrons. The third kappa shape index (κ3) is 5.60. The van der Waals surface area contributed by atoms with Crippen LogP contribution in [0.4, 0.5) is 10.1 Å². The zero-order chi connectivity index (χ0) is 18.2. The van der Waals surface area contributed by atoms with E-state index < -0.39 is 17.8 Å². The molecule has 0 saturated carbocycles. The van der Waals surface area contributed by atoms with Crippen LogP contribution in [0, 0.1) is 12.7 Å². The first-order valence-corrected chi connectivity index (χ1v) is 9.32. The molecule has 4 nitrogen and oxygen atoms in total. The van der Waals surface area contributed by atoms with E-state index in [9.17, 15) is 14.0 Å². The highest BCUT2D eigenvalue weighted by atomic mass is 32.2. The van der Waals surface area contributed by atoms with Gasteiger partial charge in [-0.25, -0.2) is 4.39 Å². The van der Waals surface area contributed by atoms with Gasteiger partial charge in [0.15, 0.2) is 0 Å². The fourth-order valence-electron chi connectivity index (χ4n) is 2.31. The van der Waals surface area contributed by atoms with Crippen LogP contribution in [0.25, 0.3) is 0 Å². The van der Waals surface area contributed by atoms with Crippen LogP contribution in [0.3, 0.4) is 0 Å². The van der Waals surface area contributed by atoms with Crippen molar-refractivity contribution in [2.75, 3.05) is 17.3 Å². The summed E-state index contributed by atoms with van der Waals surface area (Å²) >= 11 is 1.58. The fourth-order valence-corrected chi connectivity index (χ4v) is 2.79. The number of anilines is 1. The van der Waals surface area contributed by atoms with Crippen molar-refractivity contribution in [3.8, 4) is 0 Å². The van der Waals surface area contributed by atoms with Crippen LogP contribution in [-0.4, -0.2) is 29.9 Å². The number of nitrogens with one attached hydrogen (secondary N) is 2. The summed E-state index contributed by atoms with van der Waals surface area (Å²) in [5, 5.41) is 5.30. The van der Waals surface area contributed by atoms with E-state index in [4.69, 9.17) is 0 Å². The lowest BCUT2D eigenvalue weighted by Crippen LogP contribution is -2.44. The van der Waals surface area contributed by atoms with Gasteiger partial charge in [0.1, 0.15) is 11.9 Å². The minimum absolute atomic E-state index is 0.103. The Bertz CT molecular complexity index is 752. The average molecular weight is 360 g/mol. The number of halogens is 1. The topological polar surface area (TPSA) is 58.2 Å². The van der Waals surface area contributed by atoms with Crippen LogP contribution >= 0.6 is 11.8 Å². The molecule has 2 rings (SSSR count). The highest BCUT2D eigenvalue weighted by molar-refractivity contribution is 7.98. The quantitative estimate of drug-likeness (QED) is 0.793. The Labute approximate surface area is 151 Å². The number of rotatable bonds is 7. The highest BCUT2D eigenvalue weighted by Crippen LogP contribution is 2.14. The summed E-state index contributed by atoms with van der Waals surface area (Å²) in [5.74, 6) is -0.563. The molecule has 0 bridgehead atoms. The molecule has 2 aromatic carbocycles. The SMILES string of the molecule is CSCCC(NC(=O)c1cccc(C)c1)C(=O)Nc1ccccc1F. The zero-order valence-electron chi connectivity index (χ0n) is 14.2. The maximum atomic E-state index is 13.7. The van der Waals surface area contributed by atoms with Gasteiger partial charge in [-0.2, -0.15) is 11.8 Å². The summed E-state index contributed by atoms with van der Waals surface area (Å²) in [4.78, 5) is 24.9. The lowest BCUT2D eigenvalue weighted by molar-refractivity contribution is -0.118. The first-order chi connectivity index (χ1) is 12.0. The molecule has 1 atom stereocenters. The van der Waals surface area contributed by atoms with Crippen molar-refractivity contribution in [1.82, 2.24) is 5.32 Å². The lowest BCUT2D eigenvalue weighted by atomic mass is 10.1. The van der Waals surface area contributed by atoms with Crippen LogP contribution < -0.4 is 10.6 Å². The van der Waals surface area contributed by atoms with Crippen molar-refractivity contribution in [2.45, 2.75) is 19.4 Å². The van der Waals surface area contributed by atoms with Crippen molar-refractivity contribution < 1.29 is 14.0 Å². The second-order valence-electron chi connectivity index (χ2n) is 5.65. The molecule has 132 valence electrons. The Morgan fingerprint density at radius 1 is 1.16 bits per heavy atom. The van der Waals surface area contributed by atoms with E-state index in [-0.39, 0.29) is 11.6 Å². The number of aryl methyl sites for hydroxylation is 1. The van der Waals surface area contributed by atoms with Crippen LogP contribution in [-0.2, 0) is 4.79 Å². The second kappa shape index (κ2) is 9.22. The average Bonchev–Trinajstić information content (AvgIpc) is 2.60. The van der Waals surface area contributed by atoms with Gasteiger partial charge in [-0.3, -0.25) is 9.59 Å². The van der Waals surface area contributed by atoms with Gasteiger partial charge in [-0.1, -0.05) is 29.8 Å². The summed E-state index contributed by atoms with van der Waals surface area (Å²) in [6, 6.07) is 12.4. The van der Waals surface area contributed by atoms with Crippen LogP contribution in [0.1, 0.15) is 22.3 Å². The molecule has 1 unspecified atom stereocenters. The molecule has 0 fully saturated rings. The Balaban J connectivity index is 2.10. The van der Waals surface area contributed by atoms with E-state index in [1.807, 2.05) is 19.2 Å². The van der Waals surface area contributed by atoms with Gasteiger partial charge in [0.05, 0.1) is 5.69 Å². The lowest BCUT2D eigenvalue weighted by Gasteiger charge is -2.18. The smallest absolute Gasteiger partial charge is 0.251 e. The molecule has 0 spiro atoms. The highest BCUT2D eigenvalue weighted by Gasteiger charge is 2.22. The van der Waals surface area contributed by atoms with Crippen molar-refractivity contribution in [1.29, 1.82) is 0 Å². The maximum Gasteiger partial charge on any atom is 0.251 e. The van der Waals surface area contributed by atoms with Gasteiger partial charge < -0.3 is 10.6 Å². The fraction of sp³-hybridized carbons (Fsp3) is 0.263. The van der Waals surface area contributed by atoms with Crippen LogP contribution in [0.5, 0.6) is 0 Å². The van der Waals surface area contributed by atoms with Crippen molar-refractivity contribution in [2.24, 2.45) is 0 Å². The first kappa shape index (κ1) is 19.0. The molecule has 0 saturated heterocycles. The second-order valence-corrected chi connectivity index (χ2v) is 6.63.